The second kappa shape index (κ2) is 5.48. The van der Waals surface area contributed by atoms with Crippen LogP contribution in [0.1, 0.15) is 5.56 Å². The molecule has 1 heterocycles. The Morgan fingerprint density at radius 2 is 2.14 bits per heavy atom. The summed E-state index contributed by atoms with van der Waals surface area (Å²) in [5, 5.41) is 14.9. The van der Waals surface area contributed by atoms with E-state index in [0.29, 0.717) is 5.56 Å². The predicted molar refractivity (Wildman–Crippen MR) is 69.6 cm³/mol. The quantitative estimate of drug-likeness (QED) is 0.789. The van der Waals surface area contributed by atoms with Gasteiger partial charge in [0.05, 0.1) is 6.54 Å². The van der Waals surface area contributed by atoms with E-state index in [1.54, 1.807) is 6.07 Å². The highest BCUT2D eigenvalue weighted by atomic mass is 32.2. The van der Waals surface area contributed by atoms with Crippen LogP contribution in [0.2, 0.25) is 0 Å². The van der Waals surface area contributed by atoms with Crippen molar-refractivity contribution in [1.82, 2.24) is 15.0 Å². The van der Waals surface area contributed by atoms with Crippen molar-refractivity contribution < 1.29 is 22.7 Å². The van der Waals surface area contributed by atoms with Crippen LogP contribution in [0.15, 0.2) is 29.3 Å². The SMILES string of the molecule is Nc1c(S(=O)(=O)CC(=O)O)nnn1Cc1cccc(F)c1. The topological polar surface area (TPSA) is 128 Å². The number of carboxylic acid groups (broad SMARTS) is 1. The number of nitrogens with two attached hydrogens (primary N) is 1. The number of aliphatic carboxylic acids is 1. The van der Waals surface area contributed by atoms with E-state index in [1.165, 1.54) is 18.2 Å². The molecule has 0 saturated heterocycles. The average molecular weight is 314 g/mol. The van der Waals surface area contributed by atoms with Gasteiger partial charge in [0.1, 0.15) is 5.82 Å². The van der Waals surface area contributed by atoms with Crippen molar-refractivity contribution in [2.75, 3.05) is 11.5 Å². The zero-order valence-electron chi connectivity index (χ0n) is 10.6. The molecule has 0 radical (unpaired) electrons. The third-order valence-electron chi connectivity index (χ3n) is 2.57. The van der Waals surface area contributed by atoms with Gasteiger partial charge in [-0.3, -0.25) is 4.79 Å². The van der Waals surface area contributed by atoms with Crippen LogP contribution >= 0.6 is 0 Å². The van der Waals surface area contributed by atoms with Gasteiger partial charge in [-0.15, -0.1) is 5.10 Å². The monoisotopic (exact) mass is 314 g/mol. The number of rotatable bonds is 5. The highest BCUT2D eigenvalue weighted by Crippen LogP contribution is 2.17. The first-order chi connectivity index (χ1) is 9.79. The fourth-order valence-corrected chi connectivity index (χ4v) is 2.73. The maximum absolute atomic E-state index is 13.1. The van der Waals surface area contributed by atoms with Crippen LogP contribution in [0.3, 0.4) is 0 Å². The Bertz CT molecular complexity index is 787. The summed E-state index contributed by atoms with van der Waals surface area (Å²) in [4.78, 5) is 10.5. The number of benzene rings is 1. The number of nitrogens with zero attached hydrogens (tertiary/aromatic N) is 3. The number of carboxylic acids is 1. The van der Waals surface area contributed by atoms with Gasteiger partial charge in [0, 0.05) is 0 Å². The molecule has 21 heavy (non-hydrogen) atoms. The molecule has 0 aliphatic carbocycles. The van der Waals surface area contributed by atoms with Gasteiger partial charge in [0.15, 0.2) is 11.6 Å². The smallest absolute Gasteiger partial charge is 0.319 e. The number of sulfone groups is 1. The molecule has 2 rings (SSSR count). The molecule has 0 aliphatic rings. The molecule has 112 valence electrons. The molecule has 0 unspecified atom stereocenters. The van der Waals surface area contributed by atoms with Gasteiger partial charge in [0.25, 0.3) is 0 Å². The molecule has 2 aromatic rings. The lowest BCUT2D eigenvalue weighted by Gasteiger charge is -2.04. The first-order valence-electron chi connectivity index (χ1n) is 5.67. The summed E-state index contributed by atoms with van der Waals surface area (Å²) in [6, 6.07) is 5.60. The van der Waals surface area contributed by atoms with Gasteiger partial charge in [-0.1, -0.05) is 17.3 Å². The van der Waals surface area contributed by atoms with E-state index in [-0.39, 0.29) is 12.4 Å². The van der Waals surface area contributed by atoms with Crippen LogP contribution in [0.4, 0.5) is 10.2 Å². The molecule has 0 fully saturated rings. The lowest BCUT2D eigenvalue weighted by molar-refractivity contribution is -0.134. The van der Waals surface area contributed by atoms with E-state index in [1.807, 2.05) is 0 Å². The zero-order valence-corrected chi connectivity index (χ0v) is 11.4. The van der Waals surface area contributed by atoms with Gasteiger partial charge in [-0.2, -0.15) is 0 Å². The van der Waals surface area contributed by atoms with Gasteiger partial charge in [-0.25, -0.2) is 17.5 Å². The molecular weight excluding hydrogens is 303 g/mol. The summed E-state index contributed by atoms with van der Waals surface area (Å²) in [6.07, 6.45) is 0. The van der Waals surface area contributed by atoms with Crippen molar-refractivity contribution in [2.24, 2.45) is 0 Å². The first-order valence-corrected chi connectivity index (χ1v) is 7.33. The zero-order chi connectivity index (χ0) is 15.6. The standard InChI is InChI=1S/C11H11FN4O4S/c12-8-3-1-2-7(4-8)5-16-10(13)11(14-15-16)21(19,20)6-9(17)18/h1-4H,5-6,13H2,(H,17,18). The molecular formula is C11H11FN4O4S. The minimum Gasteiger partial charge on any atom is -0.480 e. The summed E-state index contributed by atoms with van der Waals surface area (Å²) < 4.78 is 37.6. The molecule has 0 spiro atoms. The number of aromatic nitrogens is 3. The number of anilines is 1. The van der Waals surface area contributed by atoms with Crippen molar-refractivity contribution >= 4 is 21.6 Å². The average Bonchev–Trinajstić information content (AvgIpc) is 2.70. The van der Waals surface area contributed by atoms with Crippen LogP contribution < -0.4 is 5.73 Å². The van der Waals surface area contributed by atoms with Gasteiger partial charge >= 0.3 is 5.97 Å². The minimum absolute atomic E-state index is 0.0131. The van der Waals surface area contributed by atoms with Crippen LogP contribution in [0.25, 0.3) is 0 Å². The fourth-order valence-electron chi connectivity index (χ4n) is 1.68. The van der Waals surface area contributed by atoms with Crippen molar-refractivity contribution in [3.05, 3.63) is 35.6 Å². The number of nitrogen functional groups attached to an aromatic ring is 1. The molecule has 0 saturated carbocycles. The van der Waals surface area contributed by atoms with E-state index < -0.39 is 32.4 Å². The maximum atomic E-state index is 13.1. The van der Waals surface area contributed by atoms with Crippen molar-refractivity contribution in [1.29, 1.82) is 0 Å². The Hall–Kier alpha value is -2.49. The summed E-state index contributed by atoms with van der Waals surface area (Å²) in [6.45, 7) is 0.0131. The Kier molecular flexibility index (Phi) is 3.89. The Balaban J connectivity index is 2.31. The Labute approximate surface area is 118 Å². The number of hydrogen-bond acceptors (Lipinski definition) is 6. The molecule has 0 atom stereocenters. The number of carbonyl (C=O) groups is 1. The van der Waals surface area contributed by atoms with Crippen LogP contribution in [0.5, 0.6) is 0 Å². The van der Waals surface area contributed by atoms with Gasteiger partial charge in [0.2, 0.25) is 14.9 Å². The highest BCUT2D eigenvalue weighted by Gasteiger charge is 2.26. The lowest BCUT2D eigenvalue weighted by Crippen LogP contribution is -2.17. The normalized spacial score (nSPS) is 11.5. The lowest BCUT2D eigenvalue weighted by atomic mass is 10.2. The number of halogens is 1. The second-order valence-electron chi connectivity index (χ2n) is 4.22. The molecule has 10 heteroatoms. The minimum atomic E-state index is -4.16. The van der Waals surface area contributed by atoms with Crippen LogP contribution in [-0.2, 0) is 21.2 Å². The second-order valence-corrected chi connectivity index (χ2v) is 6.13. The highest BCUT2D eigenvalue weighted by molar-refractivity contribution is 7.92. The Morgan fingerprint density at radius 1 is 1.43 bits per heavy atom. The van der Waals surface area contributed by atoms with E-state index in [4.69, 9.17) is 10.8 Å². The first kappa shape index (κ1) is 14.9. The van der Waals surface area contributed by atoms with Crippen molar-refractivity contribution in [3.63, 3.8) is 0 Å². The summed E-state index contributed by atoms with van der Waals surface area (Å²) >= 11 is 0. The summed E-state index contributed by atoms with van der Waals surface area (Å²) in [5.41, 5.74) is 6.13. The van der Waals surface area contributed by atoms with E-state index >= 15 is 0 Å². The predicted octanol–water partition coefficient (Wildman–Crippen LogP) is -0.0940. The molecule has 8 nitrogen and oxygen atoms in total. The van der Waals surface area contributed by atoms with Crippen LogP contribution in [0, 0.1) is 5.82 Å². The third kappa shape index (κ3) is 3.34. The fraction of sp³-hybridized carbons (Fsp3) is 0.182. The summed E-state index contributed by atoms with van der Waals surface area (Å²) in [5.74, 6) is -3.39. The Morgan fingerprint density at radius 3 is 2.76 bits per heavy atom. The van der Waals surface area contributed by atoms with Crippen molar-refractivity contribution in [2.45, 2.75) is 11.6 Å². The van der Waals surface area contributed by atoms with E-state index in [9.17, 15) is 17.6 Å². The molecule has 1 aromatic carbocycles. The van der Waals surface area contributed by atoms with Crippen LogP contribution in [-0.4, -0.2) is 40.2 Å². The molecule has 0 bridgehead atoms. The largest absolute Gasteiger partial charge is 0.480 e. The maximum Gasteiger partial charge on any atom is 0.319 e. The van der Waals surface area contributed by atoms with E-state index in [0.717, 1.165) is 4.68 Å². The molecule has 1 aromatic heterocycles. The van der Waals surface area contributed by atoms with Gasteiger partial charge < -0.3 is 10.8 Å². The van der Waals surface area contributed by atoms with Gasteiger partial charge in [-0.05, 0) is 17.7 Å². The third-order valence-corrected chi connectivity index (χ3v) is 4.08. The summed E-state index contributed by atoms with van der Waals surface area (Å²) in [7, 11) is -4.16. The molecule has 0 amide bonds. The van der Waals surface area contributed by atoms with Crippen molar-refractivity contribution in [3.8, 4) is 0 Å². The number of hydrogen-bond donors (Lipinski definition) is 2. The molecule has 0 aliphatic heterocycles. The van der Waals surface area contributed by atoms with E-state index in [2.05, 4.69) is 10.3 Å². The molecule has 3 N–H and O–H groups in total.